The summed E-state index contributed by atoms with van der Waals surface area (Å²) in [7, 11) is 0. The summed E-state index contributed by atoms with van der Waals surface area (Å²) in [6.45, 7) is -0.0263. The fourth-order valence-corrected chi connectivity index (χ4v) is 2.04. The molecule has 0 aromatic heterocycles. The van der Waals surface area contributed by atoms with E-state index < -0.39 is 17.8 Å². The highest BCUT2D eigenvalue weighted by Crippen LogP contribution is 2.07. The maximum atomic E-state index is 12.3. The van der Waals surface area contributed by atoms with Crippen molar-refractivity contribution in [3.8, 4) is 0 Å². The number of aliphatic carboxylic acids is 1. The lowest BCUT2D eigenvalue weighted by Crippen LogP contribution is -2.35. The lowest BCUT2D eigenvalue weighted by atomic mass is 10.1. The molecule has 2 amide bonds. The summed E-state index contributed by atoms with van der Waals surface area (Å²) in [6.07, 6.45) is 1.34. The van der Waals surface area contributed by atoms with Crippen LogP contribution in [0.15, 0.2) is 66.4 Å². The van der Waals surface area contributed by atoms with E-state index in [2.05, 4.69) is 10.6 Å². The zero-order chi connectivity index (χ0) is 18.1. The third-order valence-corrected chi connectivity index (χ3v) is 3.26. The van der Waals surface area contributed by atoms with E-state index in [4.69, 9.17) is 5.11 Å². The molecule has 2 rings (SSSR count). The molecule has 128 valence electrons. The fraction of sp³-hybridized carbons (Fsp3) is 0.105. The minimum Gasteiger partial charge on any atom is -0.481 e. The van der Waals surface area contributed by atoms with E-state index in [-0.39, 0.29) is 18.7 Å². The van der Waals surface area contributed by atoms with Gasteiger partial charge in [-0.15, -0.1) is 0 Å². The van der Waals surface area contributed by atoms with Crippen molar-refractivity contribution in [2.75, 3.05) is 6.54 Å². The third kappa shape index (κ3) is 5.95. The molecule has 6 nitrogen and oxygen atoms in total. The molecule has 0 radical (unpaired) electrons. The Hall–Kier alpha value is -3.41. The van der Waals surface area contributed by atoms with Crippen LogP contribution >= 0.6 is 0 Å². The van der Waals surface area contributed by atoms with E-state index in [1.54, 1.807) is 42.5 Å². The molecule has 0 fully saturated rings. The van der Waals surface area contributed by atoms with Crippen LogP contribution in [0, 0.1) is 0 Å². The number of carboxylic acid groups (broad SMARTS) is 1. The van der Waals surface area contributed by atoms with Gasteiger partial charge in [-0.2, -0.15) is 0 Å². The van der Waals surface area contributed by atoms with Gasteiger partial charge in [0.2, 0.25) is 0 Å². The van der Waals surface area contributed by atoms with Gasteiger partial charge in [0.05, 0.1) is 6.42 Å². The highest BCUT2D eigenvalue weighted by atomic mass is 16.4. The van der Waals surface area contributed by atoms with Crippen molar-refractivity contribution in [2.24, 2.45) is 0 Å². The first kappa shape index (κ1) is 17.9. The number of hydrogen-bond donors (Lipinski definition) is 3. The first-order valence-electron chi connectivity index (χ1n) is 7.69. The molecule has 0 unspecified atom stereocenters. The zero-order valence-corrected chi connectivity index (χ0v) is 13.4. The summed E-state index contributed by atoms with van der Waals surface area (Å²) in [5, 5.41) is 13.7. The largest absolute Gasteiger partial charge is 0.481 e. The SMILES string of the molecule is O=C(O)CCNC(=O)C(=Cc1ccccc1)NC(=O)c1ccccc1. The van der Waals surface area contributed by atoms with Crippen LogP contribution in [0.2, 0.25) is 0 Å². The van der Waals surface area contributed by atoms with Gasteiger partial charge in [-0.05, 0) is 23.8 Å². The van der Waals surface area contributed by atoms with E-state index in [0.717, 1.165) is 5.56 Å². The van der Waals surface area contributed by atoms with Gasteiger partial charge in [-0.3, -0.25) is 14.4 Å². The predicted octanol–water partition coefficient (Wildman–Crippen LogP) is 2.05. The smallest absolute Gasteiger partial charge is 0.305 e. The summed E-state index contributed by atoms with van der Waals surface area (Å²) in [6, 6.07) is 17.6. The predicted molar refractivity (Wildman–Crippen MR) is 93.6 cm³/mol. The molecule has 0 aliphatic heterocycles. The molecule has 0 atom stereocenters. The minimum absolute atomic E-state index is 0.0263. The standard InChI is InChI=1S/C19H18N2O4/c22-17(23)11-12-20-19(25)16(13-14-7-3-1-4-8-14)21-18(24)15-9-5-2-6-10-15/h1-10,13H,11-12H2,(H,20,25)(H,21,24)(H,22,23). The Balaban J connectivity index is 2.17. The van der Waals surface area contributed by atoms with Crippen molar-refractivity contribution in [1.29, 1.82) is 0 Å². The second-order valence-electron chi connectivity index (χ2n) is 5.19. The van der Waals surface area contributed by atoms with Gasteiger partial charge in [-0.25, -0.2) is 0 Å². The monoisotopic (exact) mass is 338 g/mol. The minimum atomic E-state index is -1.01. The van der Waals surface area contributed by atoms with Gasteiger partial charge in [0, 0.05) is 12.1 Å². The number of carboxylic acids is 1. The van der Waals surface area contributed by atoms with E-state index in [1.807, 2.05) is 18.2 Å². The normalized spacial score (nSPS) is 10.8. The first-order valence-corrected chi connectivity index (χ1v) is 7.69. The molecule has 2 aromatic carbocycles. The number of benzene rings is 2. The molecule has 25 heavy (non-hydrogen) atoms. The Morgan fingerprint density at radius 3 is 2.12 bits per heavy atom. The van der Waals surface area contributed by atoms with Crippen LogP contribution in [-0.2, 0) is 9.59 Å². The van der Waals surface area contributed by atoms with Crippen LogP contribution in [0.25, 0.3) is 6.08 Å². The van der Waals surface area contributed by atoms with Crippen molar-refractivity contribution >= 4 is 23.9 Å². The van der Waals surface area contributed by atoms with E-state index in [1.165, 1.54) is 6.08 Å². The quantitative estimate of drug-likeness (QED) is 0.673. The first-order chi connectivity index (χ1) is 12.1. The number of rotatable bonds is 7. The Kier molecular flexibility index (Phi) is 6.47. The fourth-order valence-electron chi connectivity index (χ4n) is 2.04. The van der Waals surface area contributed by atoms with Crippen LogP contribution in [-0.4, -0.2) is 29.4 Å². The molecule has 0 spiro atoms. The number of amides is 2. The van der Waals surface area contributed by atoms with Gasteiger partial charge in [0.15, 0.2) is 0 Å². The lowest BCUT2D eigenvalue weighted by molar-refractivity contribution is -0.136. The topological polar surface area (TPSA) is 95.5 Å². The highest BCUT2D eigenvalue weighted by molar-refractivity contribution is 6.05. The van der Waals surface area contributed by atoms with Gasteiger partial charge in [0.1, 0.15) is 5.70 Å². The van der Waals surface area contributed by atoms with Crippen LogP contribution in [0.3, 0.4) is 0 Å². The Morgan fingerprint density at radius 1 is 0.920 bits per heavy atom. The van der Waals surface area contributed by atoms with Gasteiger partial charge < -0.3 is 15.7 Å². The third-order valence-electron chi connectivity index (χ3n) is 3.26. The molecule has 0 aliphatic carbocycles. The van der Waals surface area contributed by atoms with Crippen LogP contribution in [0.4, 0.5) is 0 Å². The molecular formula is C19H18N2O4. The van der Waals surface area contributed by atoms with Crippen molar-refractivity contribution in [3.05, 3.63) is 77.5 Å². The highest BCUT2D eigenvalue weighted by Gasteiger charge is 2.14. The van der Waals surface area contributed by atoms with Crippen molar-refractivity contribution in [3.63, 3.8) is 0 Å². The Morgan fingerprint density at radius 2 is 1.52 bits per heavy atom. The average Bonchev–Trinajstić information content (AvgIpc) is 2.62. The molecule has 0 aliphatic rings. The number of nitrogens with one attached hydrogen (secondary N) is 2. The molecule has 3 N–H and O–H groups in total. The summed E-state index contributed by atoms with van der Waals surface area (Å²) in [4.78, 5) is 35.2. The number of carbonyl (C=O) groups is 3. The summed E-state index contributed by atoms with van der Waals surface area (Å²) >= 11 is 0. The summed E-state index contributed by atoms with van der Waals surface area (Å²) in [5.74, 6) is -1.98. The molecule has 0 heterocycles. The number of hydrogen-bond acceptors (Lipinski definition) is 3. The molecule has 0 saturated heterocycles. The maximum absolute atomic E-state index is 12.3. The van der Waals surface area contributed by atoms with Crippen LogP contribution in [0.5, 0.6) is 0 Å². The van der Waals surface area contributed by atoms with E-state index in [0.29, 0.717) is 5.56 Å². The van der Waals surface area contributed by atoms with Crippen molar-refractivity contribution < 1.29 is 19.5 Å². The molecule has 6 heteroatoms. The average molecular weight is 338 g/mol. The second-order valence-corrected chi connectivity index (χ2v) is 5.19. The maximum Gasteiger partial charge on any atom is 0.305 e. The zero-order valence-electron chi connectivity index (χ0n) is 13.4. The molecule has 0 saturated carbocycles. The van der Waals surface area contributed by atoms with Crippen molar-refractivity contribution in [1.82, 2.24) is 10.6 Å². The van der Waals surface area contributed by atoms with E-state index >= 15 is 0 Å². The molecule has 2 aromatic rings. The number of carbonyl (C=O) groups excluding carboxylic acids is 2. The Bertz CT molecular complexity index is 771. The van der Waals surface area contributed by atoms with Gasteiger partial charge >= 0.3 is 5.97 Å². The lowest BCUT2D eigenvalue weighted by Gasteiger charge is -2.11. The van der Waals surface area contributed by atoms with Crippen molar-refractivity contribution in [2.45, 2.75) is 6.42 Å². The van der Waals surface area contributed by atoms with Gasteiger partial charge in [-0.1, -0.05) is 48.5 Å². The van der Waals surface area contributed by atoms with E-state index in [9.17, 15) is 14.4 Å². The second kappa shape index (κ2) is 9.02. The molecule has 0 bridgehead atoms. The van der Waals surface area contributed by atoms with Crippen LogP contribution in [0.1, 0.15) is 22.3 Å². The summed E-state index contributed by atoms with van der Waals surface area (Å²) < 4.78 is 0. The van der Waals surface area contributed by atoms with Gasteiger partial charge in [0.25, 0.3) is 11.8 Å². The Labute approximate surface area is 145 Å². The summed E-state index contributed by atoms with van der Waals surface area (Å²) in [5.41, 5.74) is 1.20. The van der Waals surface area contributed by atoms with Crippen LogP contribution < -0.4 is 10.6 Å². The molecular weight excluding hydrogens is 320 g/mol.